The van der Waals surface area contributed by atoms with Crippen molar-refractivity contribution in [2.45, 2.75) is 57.3 Å². The van der Waals surface area contributed by atoms with Gasteiger partial charge in [0.15, 0.2) is 5.16 Å². The van der Waals surface area contributed by atoms with Crippen LogP contribution in [0.4, 0.5) is 0 Å². The third-order valence-electron chi connectivity index (χ3n) is 4.35. The van der Waals surface area contributed by atoms with Crippen molar-refractivity contribution in [2.75, 3.05) is 0 Å². The van der Waals surface area contributed by atoms with E-state index in [9.17, 15) is 5.11 Å². The number of aliphatic hydroxyl groups is 1. The van der Waals surface area contributed by atoms with Gasteiger partial charge in [-0.25, -0.2) is 9.67 Å². The van der Waals surface area contributed by atoms with Gasteiger partial charge >= 0.3 is 0 Å². The lowest BCUT2D eigenvalue weighted by Gasteiger charge is -2.40. The zero-order valence-corrected chi connectivity index (χ0v) is 15.5. The Kier molecular flexibility index (Phi) is 5.76. The summed E-state index contributed by atoms with van der Waals surface area (Å²) in [6.07, 6.45) is 3.86. The van der Waals surface area contributed by atoms with Gasteiger partial charge < -0.3 is 5.11 Å². The molecule has 6 heteroatoms. The van der Waals surface area contributed by atoms with Gasteiger partial charge in [-0.15, -0.1) is 12.6 Å². The summed E-state index contributed by atoms with van der Waals surface area (Å²) in [7, 11) is 0. The molecule has 2 rings (SSSR count). The predicted octanol–water partition coefficient (Wildman–Crippen LogP) is 4.02. The summed E-state index contributed by atoms with van der Waals surface area (Å²) >= 11 is 10.3. The number of halogens is 1. The molecule has 0 fully saturated rings. The molecule has 1 atom stereocenters. The van der Waals surface area contributed by atoms with Gasteiger partial charge in [0.25, 0.3) is 0 Å². The third kappa shape index (κ3) is 4.72. The van der Waals surface area contributed by atoms with Gasteiger partial charge in [-0.3, -0.25) is 0 Å². The molecule has 0 aliphatic rings. The molecule has 0 saturated heterocycles. The highest BCUT2D eigenvalue weighted by atomic mass is 35.5. The van der Waals surface area contributed by atoms with Crippen LogP contribution in [0, 0.1) is 5.41 Å². The molecule has 0 spiro atoms. The van der Waals surface area contributed by atoms with Crippen LogP contribution in [-0.4, -0.2) is 25.5 Å². The maximum absolute atomic E-state index is 11.2. The Morgan fingerprint density at radius 2 is 2.04 bits per heavy atom. The predicted molar refractivity (Wildman–Crippen MR) is 96.1 cm³/mol. The zero-order valence-electron chi connectivity index (χ0n) is 13.8. The number of hydrogen-bond donors (Lipinski definition) is 2. The zero-order chi connectivity index (χ0) is 17.1. The van der Waals surface area contributed by atoms with Crippen LogP contribution in [0.1, 0.15) is 39.2 Å². The second-order valence-corrected chi connectivity index (χ2v) is 7.82. The average molecular weight is 354 g/mol. The number of aromatic nitrogens is 3. The topological polar surface area (TPSA) is 50.9 Å². The van der Waals surface area contributed by atoms with Crippen LogP contribution in [0.2, 0.25) is 5.02 Å². The van der Waals surface area contributed by atoms with Gasteiger partial charge in [0.2, 0.25) is 0 Å². The highest BCUT2D eigenvalue weighted by molar-refractivity contribution is 7.80. The summed E-state index contributed by atoms with van der Waals surface area (Å²) in [4.78, 5) is 4.01. The molecule has 1 heterocycles. The highest BCUT2D eigenvalue weighted by Crippen LogP contribution is 2.36. The number of benzene rings is 1. The molecule has 1 aromatic heterocycles. The van der Waals surface area contributed by atoms with Gasteiger partial charge in [-0.2, -0.15) is 5.10 Å². The number of aryl methyl sites for hydroxylation is 1. The van der Waals surface area contributed by atoms with Crippen LogP contribution < -0.4 is 0 Å². The second kappa shape index (κ2) is 7.24. The number of thiol groups is 1. The van der Waals surface area contributed by atoms with Crippen molar-refractivity contribution >= 4 is 24.2 Å². The van der Waals surface area contributed by atoms with Crippen molar-refractivity contribution in [2.24, 2.45) is 5.41 Å². The van der Waals surface area contributed by atoms with Crippen molar-refractivity contribution < 1.29 is 5.11 Å². The lowest BCUT2D eigenvalue weighted by Crippen LogP contribution is -2.47. The van der Waals surface area contributed by atoms with Crippen LogP contribution in [-0.2, 0) is 13.0 Å². The SMILES string of the molecule is CC(C)(C)C(O)(CCCc1cccc(Cl)c1)Cn1ncnc1S. The fourth-order valence-corrected chi connectivity index (χ4v) is 2.97. The minimum atomic E-state index is -0.892. The van der Waals surface area contributed by atoms with E-state index < -0.39 is 5.60 Å². The summed E-state index contributed by atoms with van der Waals surface area (Å²) in [6, 6.07) is 7.86. The molecule has 126 valence electrons. The summed E-state index contributed by atoms with van der Waals surface area (Å²) in [6.45, 7) is 6.51. The van der Waals surface area contributed by atoms with E-state index >= 15 is 0 Å². The molecule has 1 unspecified atom stereocenters. The molecule has 1 N–H and O–H groups in total. The molecule has 0 amide bonds. The van der Waals surface area contributed by atoms with Crippen LogP contribution >= 0.6 is 24.2 Å². The fraction of sp³-hybridized carbons (Fsp3) is 0.529. The molecule has 2 aromatic rings. The first-order valence-electron chi connectivity index (χ1n) is 7.75. The first-order valence-corrected chi connectivity index (χ1v) is 8.57. The summed E-state index contributed by atoms with van der Waals surface area (Å²) in [5.41, 5.74) is 0.00830. The molecular formula is C17H24ClN3OS. The van der Waals surface area contributed by atoms with Crippen molar-refractivity contribution in [3.05, 3.63) is 41.2 Å². The number of nitrogens with zero attached hydrogens (tertiary/aromatic N) is 3. The first-order chi connectivity index (χ1) is 10.7. The average Bonchev–Trinajstić information content (AvgIpc) is 2.83. The highest BCUT2D eigenvalue weighted by Gasteiger charge is 2.40. The Hall–Kier alpha value is -1.04. The Labute approximate surface area is 148 Å². The Morgan fingerprint density at radius 3 is 2.61 bits per heavy atom. The maximum Gasteiger partial charge on any atom is 0.183 e. The van der Waals surface area contributed by atoms with E-state index in [1.807, 2.05) is 39.0 Å². The Balaban J connectivity index is 2.05. The van der Waals surface area contributed by atoms with Crippen LogP contribution in [0.25, 0.3) is 0 Å². The minimum Gasteiger partial charge on any atom is -0.387 e. The van der Waals surface area contributed by atoms with Crippen molar-refractivity contribution in [1.82, 2.24) is 14.8 Å². The summed E-state index contributed by atoms with van der Waals surface area (Å²) < 4.78 is 1.65. The largest absolute Gasteiger partial charge is 0.387 e. The van der Waals surface area contributed by atoms with E-state index in [1.54, 1.807) is 4.68 Å². The molecule has 1 aromatic carbocycles. The van der Waals surface area contributed by atoms with Gasteiger partial charge in [-0.05, 0) is 42.4 Å². The fourth-order valence-electron chi connectivity index (χ4n) is 2.59. The Bertz CT molecular complexity index is 653. The normalized spacial score (nSPS) is 14.7. The summed E-state index contributed by atoms with van der Waals surface area (Å²) in [5, 5.41) is 16.6. The van der Waals surface area contributed by atoms with E-state index in [-0.39, 0.29) is 5.41 Å². The first kappa shape index (κ1) is 18.3. The molecule has 0 radical (unpaired) electrons. The molecule has 0 aliphatic heterocycles. The van der Waals surface area contributed by atoms with Gasteiger partial charge in [0, 0.05) is 5.02 Å². The quantitative estimate of drug-likeness (QED) is 0.771. The van der Waals surface area contributed by atoms with Crippen LogP contribution in [0.3, 0.4) is 0 Å². The molecule has 0 aliphatic carbocycles. The molecule has 0 saturated carbocycles. The second-order valence-electron chi connectivity index (χ2n) is 6.98. The standard InChI is InChI=1S/C17H24ClN3OS/c1-16(2,3)17(22,11-21-15(23)19-12-20-21)9-5-7-13-6-4-8-14(18)10-13/h4,6,8,10,12,22H,5,7,9,11H2,1-3H3,(H,19,20,23). The van der Waals surface area contributed by atoms with E-state index in [0.717, 1.165) is 17.9 Å². The van der Waals surface area contributed by atoms with Gasteiger partial charge in [0.05, 0.1) is 12.1 Å². The van der Waals surface area contributed by atoms with E-state index in [4.69, 9.17) is 11.6 Å². The number of rotatable bonds is 6. The number of hydrogen-bond acceptors (Lipinski definition) is 4. The van der Waals surface area contributed by atoms with E-state index in [0.29, 0.717) is 18.1 Å². The third-order valence-corrected chi connectivity index (χ3v) is 4.93. The lowest BCUT2D eigenvalue weighted by molar-refractivity contribution is -0.0826. The lowest BCUT2D eigenvalue weighted by atomic mass is 9.73. The van der Waals surface area contributed by atoms with Crippen molar-refractivity contribution in [3.63, 3.8) is 0 Å². The van der Waals surface area contributed by atoms with Gasteiger partial charge in [-0.1, -0.05) is 44.5 Å². The Morgan fingerprint density at radius 1 is 1.30 bits per heavy atom. The van der Waals surface area contributed by atoms with Crippen LogP contribution in [0.5, 0.6) is 0 Å². The van der Waals surface area contributed by atoms with E-state index in [1.165, 1.54) is 11.9 Å². The maximum atomic E-state index is 11.2. The van der Waals surface area contributed by atoms with Crippen molar-refractivity contribution in [3.8, 4) is 0 Å². The summed E-state index contributed by atoms with van der Waals surface area (Å²) in [5.74, 6) is 0. The molecule has 23 heavy (non-hydrogen) atoms. The molecule has 4 nitrogen and oxygen atoms in total. The molecular weight excluding hydrogens is 330 g/mol. The smallest absolute Gasteiger partial charge is 0.183 e. The van der Waals surface area contributed by atoms with Gasteiger partial charge in [0.1, 0.15) is 6.33 Å². The molecule has 0 bridgehead atoms. The minimum absolute atomic E-state index is 0.284. The van der Waals surface area contributed by atoms with E-state index in [2.05, 4.69) is 28.8 Å². The monoisotopic (exact) mass is 353 g/mol. The van der Waals surface area contributed by atoms with Crippen molar-refractivity contribution in [1.29, 1.82) is 0 Å². The van der Waals surface area contributed by atoms with Crippen LogP contribution in [0.15, 0.2) is 35.7 Å².